The molecule has 0 aromatic carbocycles. The van der Waals surface area contributed by atoms with E-state index < -0.39 is 4.92 Å². The Hall–Kier alpha value is -2.18. The fraction of sp³-hybridized carbons (Fsp3) is 0.400. The normalized spacial score (nSPS) is 9.76. The number of carbonyl (C=O) groups excluding carboxylic acids is 1. The predicted molar refractivity (Wildman–Crippen MR) is 62.8 cm³/mol. The fourth-order valence-electron chi connectivity index (χ4n) is 1.25. The van der Waals surface area contributed by atoms with E-state index in [0.29, 0.717) is 12.2 Å². The predicted octanol–water partition coefficient (Wildman–Crippen LogP) is 0.846. The molecule has 1 heterocycles. The number of aromatic nitrogens is 1. The van der Waals surface area contributed by atoms with Crippen molar-refractivity contribution >= 4 is 17.4 Å². The van der Waals surface area contributed by atoms with Gasteiger partial charge in [0.05, 0.1) is 4.92 Å². The maximum absolute atomic E-state index is 11.0. The summed E-state index contributed by atoms with van der Waals surface area (Å²) in [5.74, 6) is 0.0618. The Balaban J connectivity index is 2.72. The van der Waals surface area contributed by atoms with Crippen LogP contribution in [0.3, 0.4) is 0 Å². The van der Waals surface area contributed by atoms with Gasteiger partial charge in [0.2, 0.25) is 11.7 Å². The number of nitrogens with one attached hydrogen (secondary N) is 2. The lowest BCUT2D eigenvalue weighted by Gasteiger charge is -2.06. The lowest BCUT2D eigenvalue weighted by atomic mass is 10.3. The summed E-state index contributed by atoms with van der Waals surface area (Å²) in [5, 5.41) is 16.0. The van der Waals surface area contributed by atoms with E-state index in [4.69, 9.17) is 0 Å². The van der Waals surface area contributed by atoms with Gasteiger partial charge in [0.1, 0.15) is 0 Å². The SMILES string of the molecule is CNC(=O)CCNc1nc(C)ccc1[N+](=O)[O-]. The highest BCUT2D eigenvalue weighted by Crippen LogP contribution is 2.21. The molecule has 0 spiro atoms. The molecule has 0 radical (unpaired) electrons. The largest absolute Gasteiger partial charge is 0.364 e. The van der Waals surface area contributed by atoms with E-state index >= 15 is 0 Å². The van der Waals surface area contributed by atoms with Crippen molar-refractivity contribution in [3.8, 4) is 0 Å². The van der Waals surface area contributed by atoms with Crippen LogP contribution in [-0.2, 0) is 4.79 Å². The summed E-state index contributed by atoms with van der Waals surface area (Å²) >= 11 is 0. The Labute approximate surface area is 98.4 Å². The summed E-state index contributed by atoms with van der Waals surface area (Å²) in [6.45, 7) is 2.05. The van der Waals surface area contributed by atoms with Crippen molar-refractivity contribution in [3.05, 3.63) is 27.9 Å². The number of hydrogen-bond donors (Lipinski definition) is 2. The zero-order valence-corrected chi connectivity index (χ0v) is 9.69. The zero-order chi connectivity index (χ0) is 12.8. The van der Waals surface area contributed by atoms with Crippen molar-refractivity contribution in [1.82, 2.24) is 10.3 Å². The Morgan fingerprint density at radius 2 is 2.24 bits per heavy atom. The quantitative estimate of drug-likeness (QED) is 0.585. The van der Waals surface area contributed by atoms with Crippen LogP contribution < -0.4 is 10.6 Å². The van der Waals surface area contributed by atoms with E-state index in [1.54, 1.807) is 13.0 Å². The number of nitro groups is 1. The molecule has 2 N–H and O–H groups in total. The standard InChI is InChI=1S/C10H14N4O3/c1-7-3-4-8(14(16)17)10(13-7)12-6-5-9(15)11-2/h3-4H,5-6H2,1-2H3,(H,11,15)(H,12,13). The Morgan fingerprint density at radius 3 is 2.82 bits per heavy atom. The summed E-state index contributed by atoms with van der Waals surface area (Å²) in [7, 11) is 1.54. The summed E-state index contributed by atoms with van der Waals surface area (Å²) in [4.78, 5) is 25.2. The number of anilines is 1. The smallest absolute Gasteiger partial charge is 0.311 e. The van der Waals surface area contributed by atoms with E-state index in [1.165, 1.54) is 13.1 Å². The summed E-state index contributed by atoms with van der Waals surface area (Å²) in [6, 6.07) is 2.96. The lowest BCUT2D eigenvalue weighted by molar-refractivity contribution is -0.384. The molecule has 0 aliphatic rings. The van der Waals surface area contributed by atoms with Gasteiger partial charge in [-0.05, 0) is 13.0 Å². The van der Waals surface area contributed by atoms with Crippen LogP contribution in [0.15, 0.2) is 12.1 Å². The molecular weight excluding hydrogens is 224 g/mol. The monoisotopic (exact) mass is 238 g/mol. The number of aryl methyl sites for hydroxylation is 1. The summed E-state index contributed by atoms with van der Waals surface area (Å²) in [5.41, 5.74) is 0.588. The van der Waals surface area contributed by atoms with Crippen molar-refractivity contribution in [2.75, 3.05) is 18.9 Å². The first-order valence-corrected chi connectivity index (χ1v) is 5.11. The van der Waals surface area contributed by atoms with Crippen LogP contribution in [0.2, 0.25) is 0 Å². The second kappa shape index (κ2) is 5.78. The van der Waals surface area contributed by atoms with E-state index in [9.17, 15) is 14.9 Å². The molecule has 0 aliphatic carbocycles. The van der Waals surface area contributed by atoms with Gasteiger partial charge in [-0.3, -0.25) is 14.9 Å². The van der Waals surface area contributed by atoms with Crippen LogP contribution in [0.25, 0.3) is 0 Å². The molecule has 92 valence electrons. The van der Waals surface area contributed by atoms with E-state index in [-0.39, 0.29) is 23.8 Å². The number of rotatable bonds is 5. The minimum absolute atomic E-state index is 0.0903. The topological polar surface area (TPSA) is 97.2 Å². The molecule has 1 aromatic rings. The van der Waals surface area contributed by atoms with Gasteiger partial charge in [-0.1, -0.05) is 0 Å². The van der Waals surface area contributed by atoms with Crippen molar-refractivity contribution in [2.45, 2.75) is 13.3 Å². The zero-order valence-electron chi connectivity index (χ0n) is 9.69. The fourth-order valence-corrected chi connectivity index (χ4v) is 1.25. The molecule has 1 amide bonds. The maximum Gasteiger partial charge on any atom is 0.311 e. The third-order valence-electron chi connectivity index (χ3n) is 2.13. The lowest BCUT2D eigenvalue weighted by Crippen LogP contribution is -2.21. The number of amides is 1. The molecule has 17 heavy (non-hydrogen) atoms. The molecular formula is C10H14N4O3. The van der Waals surface area contributed by atoms with Crippen LogP contribution in [0.5, 0.6) is 0 Å². The first-order chi connectivity index (χ1) is 8.04. The molecule has 1 aromatic heterocycles. The summed E-state index contributed by atoms with van der Waals surface area (Å²) < 4.78 is 0. The van der Waals surface area contributed by atoms with Crippen LogP contribution >= 0.6 is 0 Å². The van der Waals surface area contributed by atoms with Crippen molar-refractivity contribution in [3.63, 3.8) is 0 Å². The van der Waals surface area contributed by atoms with E-state index in [1.807, 2.05) is 0 Å². The van der Waals surface area contributed by atoms with Crippen LogP contribution in [0, 0.1) is 17.0 Å². The van der Waals surface area contributed by atoms with Gasteiger partial charge in [0.15, 0.2) is 0 Å². The second-order valence-electron chi connectivity index (χ2n) is 3.43. The molecule has 0 saturated carbocycles. The molecule has 0 unspecified atom stereocenters. The van der Waals surface area contributed by atoms with Crippen LogP contribution in [-0.4, -0.2) is 29.4 Å². The number of nitrogens with zero attached hydrogens (tertiary/aromatic N) is 2. The first-order valence-electron chi connectivity index (χ1n) is 5.11. The molecule has 0 aliphatic heterocycles. The molecule has 7 heteroatoms. The highest BCUT2D eigenvalue weighted by atomic mass is 16.6. The molecule has 7 nitrogen and oxygen atoms in total. The molecule has 0 atom stereocenters. The minimum atomic E-state index is -0.505. The van der Waals surface area contributed by atoms with Gasteiger partial charge < -0.3 is 10.6 Å². The Kier molecular flexibility index (Phi) is 4.38. The van der Waals surface area contributed by atoms with Crippen molar-refractivity contribution < 1.29 is 9.72 Å². The maximum atomic E-state index is 11.0. The number of carbonyl (C=O) groups is 1. The average Bonchev–Trinajstić information content (AvgIpc) is 2.28. The Morgan fingerprint density at radius 1 is 1.53 bits per heavy atom. The molecule has 0 saturated heterocycles. The van der Waals surface area contributed by atoms with E-state index in [2.05, 4.69) is 15.6 Å². The van der Waals surface area contributed by atoms with Crippen molar-refractivity contribution in [1.29, 1.82) is 0 Å². The molecule has 1 rings (SSSR count). The van der Waals surface area contributed by atoms with Gasteiger partial charge >= 0.3 is 5.69 Å². The highest BCUT2D eigenvalue weighted by molar-refractivity contribution is 5.76. The number of pyridine rings is 1. The highest BCUT2D eigenvalue weighted by Gasteiger charge is 2.14. The van der Waals surface area contributed by atoms with Gasteiger partial charge in [-0.2, -0.15) is 0 Å². The Bertz CT molecular complexity index is 434. The van der Waals surface area contributed by atoms with E-state index in [0.717, 1.165) is 0 Å². The summed E-state index contributed by atoms with van der Waals surface area (Å²) in [6.07, 6.45) is 0.239. The van der Waals surface area contributed by atoms with Gasteiger partial charge in [0, 0.05) is 31.8 Å². The number of hydrogen-bond acceptors (Lipinski definition) is 5. The van der Waals surface area contributed by atoms with Gasteiger partial charge in [-0.25, -0.2) is 4.98 Å². The third-order valence-corrected chi connectivity index (χ3v) is 2.13. The average molecular weight is 238 g/mol. The molecule has 0 bridgehead atoms. The second-order valence-corrected chi connectivity index (χ2v) is 3.43. The third kappa shape index (κ3) is 3.71. The van der Waals surface area contributed by atoms with Crippen molar-refractivity contribution in [2.24, 2.45) is 0 Å². The van der Waals surface area contributed by atoms with Crippen LogP contribution in [0.4, 0.5) is 11.5 Å². The first kappa shape index (κ1) is 12.9. The minimum Gasteiger partial charge on any atom is -0.364 e. The van der Waals surface area contributed by atoms with Gasteiger partial charge in [0.25, 0.3) is 0 Å². The van der Waals surface area contributed by atoms with Crippen LogP contribution in [0.1, 0.15) is 12.1 Å². The molecule has 0 fully saturated rings. The van der Waals surface area contributed by atoms with Gasteiger partial charge in [-0.15, -0.1) is 0 Å².